The van der Waals surface area contributed by atoms with Gasteiger partial charge in [-0.15, -0.1) is 0 Å². The third-order valence-electron chi connectivity index (χ3n) is 5.34. The molecule has 1 aliphatic heterocycles. The summed E-state index contributed by atoms with van der Waals surface area (Å²) in [5.74, 6) is -0.486. The summed E-state index contributed by atoms with van der Waals surface area (Å²) >= 11 is 0. The van der Waals surface area contributed by atoms with Crippen molar-refractivity contribution in [3.05, 3.63) is 28.3 Å². The van der Waals surface area contributed by atoms with Crippen molar-refractivity contribution in [3.63, 3.8) is 0 Å². The second kappa shape index (κ2) is 7.95. The van der Waals surface area contributed by atoms with E-state index in [2.05, 4.69) is 5.32 Å². The van der Waals surface area contributed by atoms with Gasteiger partial charge in [0, 0.05) is 26.2 Å². The summed E-state index contributed by atoms with van der Waals surface area (Å²) in [7, 11) is -3.62. The van der Waals surface area contributed by atoms with Crippen LogP contribution in [0.25, 0.3) is 0 Å². The van der Waals surface area contributed by atoms with Gasteiger partial charge < -0.3 is 5.73 Å². The molecule has 8 nitrogen and oxygen atoms in total. The summed E-state index contributed by atoms with van der Waals surface area (Å²) in [6, 6.07) is 0.543. The van der Waals surface area contributed by atoms with Gasteiger partial charge in [-0.2, -0.15) is 4.31 Å². The average Bonchev–Trinajstić information content (AvgIpc) is 2.59. The fourth-order valence-electron chi connectivity index (χ4n) is 3.42. The molecule has 27 heavy (non-hydrogen) atoms. The summed E-state index contributed by atoms with van der Waals surface area (Å²) in [5, 5.41) is 2.06. The van der Waals surface area contributed by atoms with Gasteiger partial charge in [0.2, 0.25) is 15.9 Å². The van der Waals surface area contributed by atoms with Crippen molar-refractivity contribution in [2.45, 2.75) is 45.6 Å². The lowest BCUT2D eigenvalue weighted by Crippen LogP contribution is -2.55. The SMILES string of the molecule is Cc1cc(C)c(C)c(S(=O)(=O)N2CCN(C(C)C(=O)NC(N)=O)CC2)c1C. The number of nitrogens with two attached hydrogens (primary N) is 1. The first-order chi connectivity index (χ1) is 12.5. The van der Waals surface area contributed by atoms with Crippen LogP contribution in [0, 0.1) is 27.7 Å². The summed E-state index contributed by atoms with van der Waals surface area (Å²) < 4.78 is 28.0. The maximum atomic E-state index is 13.3. The molecule has 1 aromatic carbocycles. The van der Waals surface area contributed by atoms with Crippen molar-refractivity contribution in [1.82, 2.24) is 14.5 Å². The van der Waals surface area contributed by atoms with Crippen LogP contribution in [0.5, 0.6) is 0 Å². The Labute approximate surface area is 160 Å². The van der Waals surface area contributed by atoms with Gasteiger partial charge in [-0.05, 0) is 56.9 Å². The van der Waals surface area contributed by atoms with Gasteiger partial charge in [-0.1, -0.05) is 6.07 Å². The Bertz CT molecular complexity index is 832. The molecule has 0 aromatic heterocycles. The molecule has 0 radical (unpaired) electrons. The highest BCUT2D eigenvalue weighted by molar-refractivity contribution is 7.89. The number of sulfonamides is 1. The zero-order chi connectivity index (χ0) is 20.5. The number of primary amides is 1. The molecule has 2 rings (SSSR count). The Morgan fingerprint density at radius 1 is 1.04 bits per heavy atom. The van der Waals surface area contributed by atoms with E-state index in [1.165, 1.54) is 4.31 Å². The van der Waals surface area contributed by atoms with Crippen LogP contribution in [-0.4, -0.2) is 61.8 Å². The highest BCUT2D eigenvalue weighted by atomic mass is 32.2. The van der Waals surface area contributed by atoms with Crippen molar-refractivity contribution in [2.75, 3.05) is 26.2 Å². The topological polar surface area (TPSA) is 113 Å². The Morgan fingerprint density at radius 3 is 1.96 bits per heavy atom. The zero-order valence-corrected chi connectivity index (χ0v) is 17.3. The van der Waals surface area contributed by atoms with Gasteiger partial charge in [0.15, 0.2) is 0 Å². The molecule has 3 N–H and O–H groups in total. The van der Waals surface area contributed by atoms with E-state index in [1.807, 2.05) is 38.7 Å². The molecule has 0 saturated carbocycles. The van der Waals surface area contributed by atoms with Gasteiger partial charge in [0.1, 0.15) is 0 Å². The Balaban J connectivity index is 2.19. The van der Waals surface area contributed by atoms with E-state index < -0.39 is 28.0 Å². The zero-order valence-electron chi connectivity index (χ0n) is 16.5. The average molecular weight is 397 g/mol. The Hall–Kier alpha value is -1.97. The first-order valence-electron chi connectivity index (χ1n) is 8.88. The lowest BCUT2D eigenvalue weighted by atomic mass is 10.0. The van der Waals surface area contributed by atoms with Crippen molar-refractivity contribution in [1.29, 1.82) is 0 Å². The van der Waals surface area contributed by atoms with Crippen LogP contribution in [0.3, 0.4) is 0 Å². The van der Waals surface area contributed by atoms with Gasteiger partial charge in [-0.3, -0.25) is 15.0 Å². The van der Waals surface area contributed by atoms with E-state index in [1.54, 1.807) is 6.92 Å². The minimum Gasteiger partial charge on any atom is -0.351 e. The van der Waals surface area contributed by atoms with Crippen molar-refractivity contribution < 1.29 is 18.0 Å². The lowest BCUT2D eigenvalue weighted by Gasteiger charge is -2.37. The number of carbonyl (C=O) groups is 2. The van der Waals surface area contributed by atoms with Crippen LogP contribution in [-0.2, 0) is 14.8 Å². The summed E-state index contributed by atoms with van der Waals surface area (Å²) in [6.45, 7) is 10.5. The molecule has 1 unspecified atom stereocenters. The van der Waals surface area contributed by atoms with Crippen LogP contribution in [0.2, 0.25) is 0 Å². The fourth-order valence-corrected chi connectivity index (χ4v) is 5.42. The molecule has 1 aliphatic rings. The molecular formula is C18H28N4O4S. The monoisotopic (exact) mass is 396 g/mol. The Kier molecular flexibility index (Phi) is 6.28. The highest BCUT2D eigenvalue weighted by Crippen LogP contribution is 2.29. The number of urea groups is 1. The number of benzene rings is 1. The quantitative estimate of drug-likeness (QED) is 0.782. The van der Waals surface area contributed by atoms with Crippen molar-refractivity contribution in [2.24, 2.45) is 5.73 Å². The van der Waals surface area contributed by atoms with Crippen molar-refractivity contribution >= 4 is 22.0 Å². The number of imide groups is 1. The number of amides is 3. The van der Waals surface area contributed by atoms with E-state index in [0.29, 0.717) is 18.0 Å². The second-order valence-electron chi connectivity index (χ2n) is 7.06. The maximum Gasteiger partial charge on any atom is 0.318 e. The summed E-state index contributed by atoms with van der Waals surface area (Å²) in [5.41, 5.74) is 8.43. The van der Waals surface area contributed by atoms with E-state index in [0.717, 1.165) is 22.3 Å². The first kappa shape index (κ1) is 21.3. The minimum atomic E-state index is -3.62. The number of hydrogen-bond acceptors (Lipinski definition) is 5. The third-order valence-corrected chi connectivity index (χ3v) is 7.52. The molecule has 0 spiro atoms. The number of piperazine rings is 1. The smallest absolute Gasteiger partial charge is 0.318 e. The van der Waals surface area contributed by atoms with Gasteiger partial charge in [0.25, 0.3) is 0 Å². The standard InChI is InChI=1S/C18H28N4O4S/c1-11-10-12(2)14(4)16(13(11)3)27(25,26)22-8-6-21(7-9-22)15(5)17(23)20-18(19)24/h10,15H,6-9H2,1-5H3,(H3,19,20,23,24). The molecule has 1 atom stereocenters. The van der Waals surface area contributed by atoms with Crippen LogP contribution < -0.4 is 11.1 Å². The highest BCUT2D eigenvalue weighted by Gasteiger charge is 2.34. The molecule has 3 amide bonds. The Morgan fingerprint density at radius 2 is 1.52 bits per heavy atom. The van der Waals surface area contributed by atoms with Crippen LogP contribution in [0.4, 0.5) is 4.79 Å². The molecular weight excluding hydrogens is 368 g/mol. The molecule has 0 aliphatic carbocycles. The van der Waals surface area contributed by atoms with Gasteiger partial charge >= 0.3 is 6.03 Å². The van der Waals surface area contributed by atoms with Crippen molar-refractivity contribution in [3.8, 4) is 0 Å². The lowest BCUT2D eigenvalue weighted by molar-refractivity contribution is -0.125. The van der Waals surface area contributed by atoms with Crippen LogP contribution in [0.15, 0.2) is 11.0 Å². The fraction of sp³-hybridized carbons (Fsp3) is 0.556. The maximum absolute atomic E-state index is 13.3. The minimum absolute atomic E-state index is 0.280. The molecule has 1 saturated heterocycles. The summed E-state index contributed by atoms with van der Waals surface area (Å²) in [4.78, 5) is 25.0. The first-order valence-corrected chi connectivity index (χ1v) is 10.3. The largest absolute Gasteiger partial charge is 0.351 e. The third kappa shape index (κ3) is 4.31. The van der Waals surface area contributed by atoms with Gasteiger partial charge in [0.05, 0.1) is 10.9 Å². The molecule has 1 heterocycles. The molecule has 9 heteroatoms. The van der Waals surface area contributed by atoms with E-state index in [-0.39, 0.29) is 13.1 Å². The van der Waals surface area contributed by atoms with E-state index in [9.17, 15) is 18.0 Å². The van der Waals surface area contributed by atoms with E-state index >= 15 is 0 Å². The number of hydrogen-bond donors (Lipinski definition) is 2. The van der Waals surface area contributed by atoms with Crippen LogP contribution >= 0.6 is 0 Å². The number of nitrogens with zero attached hydrogens (tertiary/aromatic N) is 2. The number of aryl methyl sites for hydroxylation is 2. The number of carbonyl (C=O) groups excluding carboxylic acids is 2. The van der Waals surface area contributed by atoms with E-state index in [4.69, 9.17) is 5.73 Å². The molecule has 0 bridgehead atoms. The molecule has 1 fully saturated rings. The predicted molar refractivity (Wildman–Crippen MR) is 103 cm³/mol. The second-order valence-corrected chi connectivity index (χ2v) is 8.93. The number of rotatable bonds is 4. The normalized spacial score (nSPS) is 17.5. The molecule has 150 valence electrons. The number of nitrogens with one attached hydrogen (secondary N) is 1. The molecule has 1 aromatic rings. The predicted octanol–water partition coefficient (Wildman–Crippen LogP) is 0.810. The summed E-state index contributed by atoms with van der Waals surface area (Å²) in [6.07, 6.45) is 0. The van der Waals surface area contributed by atoms with Crippen LogP contribution in [0.1, 0.15) is 29.2 Å². The van der Waals surface area contributed by atoms with Gasteiger partial charge in [-0.25, -0.2) is 13.2 Å².